The quantitative estimate of drug-likeness (QED) is 0.324. The van der Waals surface area contributed by atoms with Crippen LogP contribution in [0.15, 0.2) is 0 Å². The summed E-state index contributed by atoms with van der Waals surface area (Å²) in [6.07, 6.45) is -0.162. The van der Waals surface area contributed by atoms with Crippen LogP contribution >= 0.6 is 11.8 Å². The molecule has 0 spiro atoms. The second-order valence-corrected chi connectivity index (χ2v) is 9.36. The average Bonchev–Trinajstić information content (AvgIpc) is 2.71. The number of aliphatic hydroxyl groups is 3. The van der Waals surface area contributed by atoms with Gasteiger partial charge in [-0.25, -0.2) is 0 Å². The van der Waals surface area contributed by atoms with E-state index in [1.54, 1.807) is 6.26 Å². The molecule has 0 aromatic carbocycles. The monoisotopic (exact) mass is 434 g/mol. The van der Waals surface area contributed by atoms with Gasteiger partial charge < -0.3 is 35.4 Å². The van der Waals surface area contributed by atoms with Crippen molar-refractivity contribution in [1.29, 1.82) is 0 Å². The SMILES string of the molecule is CCCOCC1CCNC(C(=O)NC(C(C)C)C2OC(SC)C(O)C(O)C2O)C1. The zero-order valence-electron chi connectivity index (χ0n) is 17.9. The number of carbonyl (C=O) groups excluding carboxylic acids is 1. The summed E-state index contributed by atoms with van der Waals surface area (Å²) in [5.41, 5.74) is -0.663. The Morgan fingerprint density at radius 1 is 1.28 bits per heavy atom. The van der Waals surface area contributed by atoms with Crippen LogP contribution in [0.5, 0.6) is 0 Å². The maximum absolute atomic E-state index is 13.0. The van der Waals surface area contributed by atoms with Crippen molar-refractivity contribution in [1.82, 2.24) is 10.6 Å². The maximum Gasteiger partial charge on any atom is 0.237 e. The zero-order valence-corrected chi connectivity index (χ0v) is 18.7. The molecule has 5 N–H and O–H groups in total. The summed E-state index contributed by atoms with van der Waals surface area (Å²) in [6, 6.07) is -0.819. The number of carbonyl (C=O) groups is 1. The summed E-state index contributed by atoms with van der Waals surface area (Å²) in [4.78, 5) is 13.0. The summed E-state index contributed by atoms with van der Waals surface area (Å²) in [7, 11) is 0. The molecular weight excluding hydrogens is 396 g/mol. The Labute approximate surface area is 178 Å². The van der Waals surface area contributed by atoms with E-state index in [2.05, 4.69) is 17.6 Å². The van der Waals surface area contributed by atoms with E-state index >= 15 is 0 Å². The molecule has 170 valence electrons. The van der Waals surface area contributed by atoms with Crippen LogP contribution in [0, 0.1) is 11.8 Å². The highest BCUT2D eigenvalue weighted by molar-refractivity contribution is 7.99. The Morgan fingerprint density at radius 3 is 2.62 bits per heavy atom. The van der Waals surface area contributed by atoms with Gasteiger partial charge in [0.2, 0.25) is 5.91 Å². The fraction of sp³-hybridized carbons (Fsp3) is 0.950. The van der Waals surface area contributed by atoms with Crippen molar-refractivity contribution in [2.75, 3.05) is 26.0 Å². The summed E-state index contributed by atoms with van der Waals surface area (Å²) in [6.45, 7) is 8.09. The number of nitrogens with one attached hydrogen (secondary N) is 2. The largest absolute Gasteiger partial charge is 0.388 e. The molecule has 0 radical (unpaired) electrons. The lowest BCUT2D eigenvalue weighted by Crippen LogP contribution is -2.65. The summed E-state index contributed by atoms with van der Waals surface area (Å²) < 4.78 is 11.5. The van der Waals surface area contributed by atoms with E-state index in [1.165, 1.54) is 11.8 Å². The molecule has 8 atom stereocenters. The van der Waals surface area contributed by atoms with Crippen molar-refractivity contribution in [3.05, 3.63) is 0 Å². The normalized spacial score (nSPS) is 36.8. The second kappa shape index (κ2) is 11.8. The third kappa shape index (κ3) is 6.53. The molecule has 0 aromatic heterocycles. The van der Waals surface area contributed by atoms with Crippen molar-refractivity contribution in [3.63, 3.8) is 0 Å². The highest BCUT2D eigenvalue weighted by Crippen LogP contribution is 2.30. The van der Waals surface area contributed by atoms with Crippen molar-refractivity contribution >= 4 is 17.7 Å². The minimum absolute atomic E-state index is 0.0316. The highest BCUT2D eigenvalue weighted by atomic mass is 32.2. The van der Waals surface area contributed by atoms with Gasteiger partial charge in [-0.2, -0.15) is 0 Å². The van der Waals surface area contributed by atoms with Gasteiger partial charge in [0.15, 0.2) is 0 Å². The third-order valence-electron chi connectivity index (χ3n) is 5.75. The fourth-order valence-corrected chi connectivity index (χ4v) is 4.68. The van der Waals surface area contributed by atoms with Gasteiger partial charge in [0.25, 0.3) is 0 Å². The first kappa shape index (κ1) is 24.8. The number of hydrogen-bond acceptors (Lipinski definition) is 8. The number of rotatable bonds is 9. The molecule has 2 aliphatic rings. The van der Waals surface area contributed by atoms with E-state index < -0.39 is 35.9 Å². The molecule has 29 heavy (non-hydrogen) atoms. The number of thioether (sulfide) groups is 1. The summed E-state index contributed by atoms with van der Waals surface area (Å²) >= 11 is 1.27. The molecule has 0 aromatic rings. The topological polar surface area (TPSA) is 120 Å². The molecule has 0 bridgehead atoms. The predicted molar refractivity (Wildman–Crippen MR) is 113 cm³/mol. The zero-order chi connectivity index (χ0) is 21.6. The first-order valence-corrected chi connectivity index (χ1v) is 11.9. The van der Waals surface area contributed by atoms with E-state index in [4.69, 9.17) is 9.47 Å². The summed E-state index contributed by atoms with van der Waals surface area (Å²) in [5, 5.41) is 37.1. The van der Waals surface area contributed by atoms with E-state index in [9.17, 15) is 20.1 Å². The molecule has 0 saturated carbocycles. The van der Waals surface area contributed by atoms with Crippen LogP contribution in [0.1, 0.15) is 40.0 Å². The van der Waals surface area contributed by atoms with Crippen LogP contribution in [0.2, 0.25) is 0 Å². The van der Waals surface area contributed by atoms with Crippen LogP contribution in [-0.2, 0) is 14.3 Å². The fourth-order valence-electron chi connectivity index (χ4n) is 4.00. The molecule has 2 saturated heterocycles. The Kier molecular flexibility index (Phi) is 10.1. The average molecular weight is 435 g/mol. The van der Waals surface area contributed by atoms with Gasteiger partial charge in [-0.15, -0.1) is 11.8 Å². The van der Waals surface area contributed by atoms with Gasteiger partial charge in [-0.1, -0.05) is 20.8 Å². The lowest BCUT2D eigenvalue weighted by Gasteiger charge is -2.44. The van der Waals surface area contributed by atoms with Crippen molar-refractivity contribution < 1.29 is 29.6 Å². The summed E-state index contributed by atoms with van der Waals surface area (Å²) in [5.74, 6) is 0.169. The van der Waals surface area contributed by atoms with Crippen LogP contribution in [0.25, 0.3) is 0 Å². The van der Waals surface area contributed by atoms with E-state index in [-0.39, 0.29) is 17.9 Å². The predicted octanol–water partition coefficient (Wildman–Crippen LogP) is 0.0926. The maximum atomic E-state index is 13.0. The number of amides is 1. The van der Waals surface area contributed by atoms with Gasteiger partial charge in [-0.05, 0) is 43.9 Å². The number of hydrogen-bond donors (Lipinski definition) is 5. The molecule has 8 unspecified atom stereocenters. The Hall–Kier alpha value is -0.420. The standard InChI is InChI=1S/C20H38N2O6S/c1-5-8-27-10-12-6-7-21-13(9-12)19(26)22-14(11(2)3)18-16(24)15(23)17(25)20(28-18)29-4/h11-18,20-21,23-25H,5-10H2,1-4H3,(H,22,26). The minimum Gasteiger partial charge on any atom is -0.388 e. The van der Waals surface area contributed by atoms with Crippen molar-refractivity contribution in [2.45, 2.75) is 82.0 Å². The minimum atomic E-state index is -1.32. The van der Waals surface area contributed by atoms with Gasteiger partial charge in [-0.3, -0.25) is 4.79 Å². The second-order valence-electron chi connectivity index (χ2n) is 8.43. The first-order chi connectivity index (χ1) is 13.8. The van der Waals surface area contributed by atoms with Gasteiger partial charge in [0.1, 0.15) is 29.9 Å². The number of piperidine rings is 1. The lowest BCUT2D eigenvalue weighted by molar-refractivity contribution is -0.208. The van der Waals surface area contributed by atoms with Crippen LogP contribution in [0.4, 0.5) is 0 Å². The Morgan fingerprint density at radius 2 is 2.00 bits per heavy atom. The smallest absolute Gasteiger partial charge is 0.237 e. The molecule has 2 fully saturated rings. The van der Waals surface area contributed by atoms with Crippen LogP contribution in [-0.4, -0.2) is 89.2 Å². The lowest BCUT2D eigenvalue weighted by atomic mass is 9.88. The van der Waals surface area contributed by atoms with E-state index in [1.807, 2.05) is 13.8 Å². The number of aliphatic hydroxyl groups excluding tert-OH is 3. The molecule has 8 nitrogen and oxygen atoms in total. The van der Waals surface area contributed by atoms with Crippen LogP contribution < -0.4 is 10.6 Å². The van der Waals surface area contributed by atoms with Gasteiger partial charge in [0, 0.05) is 13.2 Å². The highest BCUT2D eigenvalue weighted by Gasteiger charge is 2.47. The van der Waals surface area contributed by atoms with E-state index in [0.717, 1.165) is 26.0 Å². The Bertz CT molecular complexity index is 509. The van der Waals surface area contributed by atoms with Crippen LogP contribution in [0.3, 0.4) is 0 Å². The molecule has 1 amide bonds. The van der Waals surface area contributed by atoms with Gasteiger partial charge >= 0.3 is 0 Å². The molecule has 2 rings (SSSR count). The number of ether oxygens (including phenoxy) is 2. The van der Waals surface area contributed by atoms with Crippen molar-refractivity contribution in [3.8, 4) is 0 Å². The van der Waals surface area contributed by atoms with Crippen molar-refractivity contribution in [2.24, 2.45) is 11.8 Å². The molecular formula is C20H38N2O6S. The first-order valence-electron chi connectivity index (χ1n) is 10.6. The van der Waals surface area contributed by atoms with E-state index in [0.29, 0.717) is 18.9 Å². The molecule has 2 heterocycles. The Balaban J connectivity index is 2.01. The molecule has 0 aliphatic carbocycles. The molecule has 2 aliphatic heterocycles. The third-order valence-corrected chi connectivity index (χ3v) is 6.61. The molecule has 9 heteroatoms. The van der Waals surface area contributed by atoms with Gasteiger partial charge in [0.05, 0.1) is 12.1 Å².